The summed E-state index contributed by atoms with van der Waals surface area (Å²) in [5.74, 6) is -0.0302. The minimum atomic E-state index is -0.129. The van der Waals surface area contributed by atoms with E-state index in [-0.39, 0.29) is 17.9 Å². The van der Waals surface area contributed by atoms with Crippen LogP contribution in [0.4, 0.5) is 5.69 Å². The molecule has 2 heterocycles. The lowest BCUT2D eigenvalue weighted by Crippen LogP contribution is -2.48. The highest BCUT2D eigenvalue weighted by Crippen LogP contribution is 2.23. The number of hydrogen-bond donors (Lipinski definition) is 1. The number of fused-ring (bicyclic) bond motifs is 1. The first kappa shape index (κ1) is 24.9. The summed E-state index contributed by atoms with van der Waals surface area (Å²) >= 11 is 0. The van der Waals surface area contributed by atoms with Crippen molar-refractivity contribution in [3.8, 4) is 0 Å². The van der Waals surface area contributed by atoms with Crippen LogP contribution in [0.1, 0.15) is 34.4 Å². The Morgan fingerprint density at radius 2 is 1.66 bits per heavy atom. The summed E-state index contributed by atoms with van der Waals surface area (Å²) in [5.41, 5.74) is 8.18. The molecule has 0 unspecified atom stereocenters. The molecule has 2 aromatic carbocycles. The Kier molecular flexibility index (Phi) is 7.55. The normalized spacial score (nSPS) is 14.5. The Bertz CT molecular complexity index is 1290. The molecule has 35 heavy (non-hydrogen) atoms. The molecule has 7 nitrogen and oxygen atoms in total. The van der Waals surface area contributed by atoms with Gasteiger partial charge in [-0.25, -0.2) is 4.98 Å². The molecule has 186 valence electrons. The van der Waals surface area contributed by atoms with Crippen LogP contribution in [0.5, 0.6) is 0 Å². The monoisotopic (exact) mass is 475 g/mol. The highest BCUT2D eigenvalue weighted by atomic mass is 16.2. The molecule has 0 spiro atoms. The maximum atomic E-state index is 12.7. The summed E-state index contributed by atoms with van der Waals surface area (Å²) in [6.45, 7) is 15.9. The first-order valence-corrected chi connectivity index (χ1v) is 12.5. The van der Waals surface area contributed by atoms with Crippen LogP contribution in [-0.4, -0.2) is 59.6 Å². The van der Waals surface area contributed by atoms with Gasteiger partial charge in [-0.1, -0.05) is 12.1 Å². The Labute approximate surface area is 207 Å². The number of carbonyl (C=O) groups excluding carboxylic acids is 1. The van der Waals surface area contributed by atoms with Crippen LogP contribution < -0.4 is 15.8 Å². The van der Waals surface area contributed by atoms with E-state index in [0.29, 0.717) is 18.8 Å². The van der Waals surface area contributed by atoms with E-state index in [2.05, 4.69) is 52.1 Å². The van der Waals surface area contributed by atoms with Crippen LogP contribution in [0.3, 0.4) is 0 Å². The Morgan fingerprint density at radius 1 is 0.943 bits per heavy atom. The van der Waals surface area contributed by atoms with Crippen molar-refractivity contribution in [2.75, 3.05) is 44.2 Å². The number of aryl methyl sites for hydroxylation is 5. The SMILES string of the molecule is Cc1cc2nc(C)c(=O)n(CCC(=O)NCCN3CCN(c4cccc(C)c4C)CC3)c2cc1C. The third-order valence-electron chi connectivity index (χ3n) is 7.33. The summed E-state index contributed by atoms with van der Waals surface area (Å²) in [7, 11) is 0. The van der Waals surface area contributed by atoms with Crippen LogP contribution in [0.25, 0.3) is 11.0 Å². The molecule has 1 N–H and O–H groups in total. The van der Waals surface area contributed by atoms with Crippen molar-refractivity contribution in [1.29, 1.82) is 0 Å². The van der Waals surface area contributed by atoms with Crippen molar-refractivity contribution in [3.05, 3.63) is 68.6 Å². The van der Waals surface area contributed by atoms with Crippen LogP contribution in [0, 0.1) is 34.6 Å². The fourth-order valence-electron chi connectivity index (χ4n) is 4.79. The van der Waals surface area contributed by atoms with E-state index in [1.165, 1.54) is 16.8 Å². The maximum Gasteiger partial charge on any atom is 0.272 e. The molecular weight excluding hydrogens is 438 g/mol. The van der Waals surface area contributed by atoms with Gasteiger partial charge in [-0.3, -0.25) is 14.5 Å². The maximum absolute atomic E-state index is 12.7. The minimum Gasteiger partial charge on any atom is -0.369 e. The fraction of sp³-hybridized carbons (Fsp3) is 0.464. The van der Waals surface area contributed by atoms with Crippen molar-refractivity contribution in [2.45, 2.75) is 47.6 Å². The molecule has 3 aromatic rings. The fourth-order valence-corrected chi connectivity index (χ4v) is 4.79. The largest absolute Gasteiger partial charge is 0.369 e. The Morgan fingerprint density at radius 3 is 2.40 bits per heavy atom. The average molecular weight is 476 g/mol. The quantitative estimate of drug-likeness (QED) is 0.568. The van der Waals surface area contributed by atoms with E-state index < -0.39 is 0 Å². The molecular formula is C28H37N5O2. The predicted molar refractivity (Wildman–Crippen MR) is 142 cm³/mol. The molecule has 0 bridgehead atoms. The molecule has 1 aliphatic heterocycles. The van der Waals surface area contributed by atoms with Gasteiger partial charge in [0.15, 0.2) is 0 Å². The average Bonchev–Trinajstić information content (AvgIpc) is 2.83. The Balaban J connectivity index is 1.27. The van der Waals surface area contributed by atoms with E-state index in [1.807, 2.05) is 26.0 Å². The van der Waals surface area contributed by atoms with Gasteiger partial charge in [0, 0.05) is 57.9 Å². The molecule has 1 fully saturated rings. The van der Waals surface area contributed by atoms with Crippen molar-refractivity contribution < 1.29 is 4.79 Å². The van der Waals surface area contributed by atoms with E-state index in [1.54, 1.807) is 11.5 Å². The Hall–Kier alpha value is -3.19. The highest BCUT2D eigenvalue weighted by molar-refractivity contribution is 5.78. The van der Waals surface area contributed by atoms with Crippen LogP contribution in [0.15, 0.2) is 35.1 Å². The summed E-state index contributed by atoms with van der Waals surface area (Å²) < 4.78 is 1.69. The lowest BCUT2D eigenvalue weighted by atomic mass is 10.1. The van der Waals surface area contributed by atoms with Crippen molar-refractivity contribution in [3.63, 3.8) is 0 Å². The third-order valence-corrected chi connectivity index (χ3v) is 7.33. The number of hydrogen-bond acceptors (Lipinski definition) is 5. The van der Waals surface area contributed by atoms with Gasteiger partial charge in [0.1, 0.15) is 5.69 Å². The van der Waals surface area contributed by atoms with Crippen molar-refractivity contribution in [1.82, 2.24) is 19.8 Å². The number of nitrogens with one attached hydrogen (secondary N) is 1. The van der Waals surface area contributed by atoms with Crippen LogP contribution >= 0.6 is 0 Å². The zero-order valence-electron chi connectivity index (χ0n) is 21.6. The number of anilines is 1. The molecule has 0 aliphatic carbocycles. The molecule has 7 heteroatoms. The first-order chi connectivity index (χ1) is 16.7. The standard InChI is InChI=1S/C28H37N5O2/c1-19-7-6-8-25(22(19)4)32-15-13-31(14-16-32)12-10-29-27(34)9-11-33-26-18-21(3)20(2)17-24(26)30-23(5)28(33)35/h6-8,17-18H,9-16H2,1-5H3,(H,29,34). The van der Waals surface area contributed by atoms with Gasteiger partial charge in [-0.2, -0.15) is 0 Å². The predicted octanol–water partition coefficient (Wildman–Crippen LogP) is 3.27. The summed E-state index contributed by atoms with van der Waals surface area (Å²) in [6, 6.07) is 10.5. The number of piperazine rings is 1. The number of carbonyl (C=O) groups is 1. The van der Waals surface area contributed by atoms with E-state index >= 15 is 0 Å². The van der Waals surface area contributed by atoms with Crippen LogP contribution in [-0.2, 0) is 11.3 Å². The summed E-state index contributed by atoms with van der Waals surface area (Å²) in [6.07, 6.45) is 0.270. The number of benzene rings is 2. The number of rotatable bonds is 7. The minimum absolute atomic E-state index is 0.0302. The second-order valence-corrected chi connectivity index (χ2v) is 9.73. The van der Waals surface area contributed by atoms with Gasteiger partial charge < -0.3 is 14.8 Å². The first-order valence-electron chi connectivity index (χ1n) is 12.5. The van der Waals surface area contributed by atoms with E-state index in [4.69, 9.17) is 0 Å². The zero-order valence-corrected chi connectivity index (χ0v) is 21.6. The molecule has 1 amide bonds. The van der Waals surface area contributed by atoms with E-state index in [9.17, 15) is 9.59 Å². The lowest BCUT2D eigenvalue weighted by Gasteiger charge is -2.37. The third kappa shape index (κ3) is 5.56. The van der Waals surface area contributed by atoms with E-state index in [0.717, 1.165) is 54.9 Å². The second kappa shape index (κ2) is 10.6. The molecule has 0 atom stereocenters. The number of amides is 1. The summed E-state index contributed by atoms with van der Waals surface area (Å²) in [5, 5.41) is 3.04. The van der Waals surface area contributed by atoms with Gasteiger partial charge in [-0.15, -0.1) is 0 Å². The van der Waals surface area contributed by atoms with Gasteiger partial charge >= 0.3 is 0 Å². The molecule has 0 saturated carbocycles. The molecule has 1 aromatic heterocycles. The van der Waals surface area contributed by atoms with Gasteiger partial charge in [0.2, 0.25) is 5.91 Å². The van der Waals surface area contributed by atoms with Crippen molar-refractivity contribution in [2.24, 2.45) is 0 Å². The number of aromatic nitrogens is 2. The second-order valence-electron chi connectivity index (χ2n) is 9.73. The van der Waals surface area contributed by atoms with Gasteiger partial charge in [0.05, 0.1) is 11.0 Å². The van der Waals surface area contributed by atoms with Crippen LogP contribution in [0.2, 0.25) is 0 Å². The van der Waals surface area contributed by atoms with Crippen molar-refractivity contribution >= 4 is 22.6 Å². The smallest absolute Gasteiger partial charge is 0.272 e. The van der Waals surface area contributed by atoms with Gasteiger partial charge in [0.25, 0.3) is 5.56 Å². The molecule has 0 radical (unpaired) electrons. The lowest BCUT2D eigenvalue weighted by molar-refractivity contribution is -0.121. The number of nitrogens with zero attached hydrogens (tertiary/aromatic N) is 4. The van der Waals surface area contributed by atoms with Gasteiger partial charge in [-0.05, 0) is 75.1 Å². The zero-order chi connectivity index (χ0) is 25.1. The molecule has 1 aliphatic rings. The topological polar surface area (TPSA) is 70.5 Å². The summed E-state index contributed by atoms with van der Waals surface area (Å²) in [4.78, 5) is 34.6. The highest BCUT2D eigenvalue weighted by Gasteiger charge is 2.19. The molecule has 1 saturated heterocycles. The molecule has 4 rings (SSSR count).